The highest BCUT2D eigenvalue weighted by molar-refractivity contribution is 5.83. The fourth-order valence-electron chi connectivity index (χ4n) is 2.76. The Morgan fingerprint density at radius 2 is 1.44 bits per heavy atom. The van der Waals surface area contributed by atoms with E-state index in [1.54, 1.807) is 44.2 Å². The van der Waals surface area contributed by atoms with Crippen LogP contribution in [0.5, 0.6) is 0 Å². The van der Waals surface area contributed by atoms with Gasteiger partial charge in [-0.05, 0) is 48.4 Å². The summed E-state index contributed by atoms with van der Waals surface area (Å²) in [7, 11) is 0. The van der Waals surface area contributed by atoms with Crippen molar-refractivity contribution in [2.45, 2.75) is 31.7 Å². The van der Waals surface area contributed by atoms with E-state index in [4.69, 9.17) is 4.74 Å². The van der Waals surface area contributed by atoms with E-state index in [2.05, 4.69) is 11.8 Å². The fraction of sp³-hybridized carbons (Fsp3) is 0.217. The van der Waals surface area contributed by atoms with Crippen LogP contribution in [0.25, 0.3) is 10.8 Å². The van der Waals surface area contributed by atoms with Gasteiger partial charge < -0.3 is 4.74 Å². The van der Waals surface area contributed by atoms with Gasteiger partial charge in [0.2, 0.25) is 0 Å². The van der Waals surface area contributed by atoms with Crippen LogP contribution in [0.4, 0.5) is 13.2 Å². The van der Waals surface area contributed by atoms with Crippen LogP contribution < -0.4 is 0 Å². The van der Waals surface area contributed by atoms with Gasteiger partial charge in [0.1, 0.15) is 5.60 Å². The number of halogens is 3. The molecule has 0 heterocycles. The molecule has 3 aromatic rings. The van der Waals surface area contributed by atoms with Crippen LogP contribution in [-0.4, -0.2) is 11.8 Å². The number of hydrogen-bond donors (Lipinski definition) is 0. The molecule has 0 saturated heterocycles. The Hall–Kier alpha value is -2.77. The molecular weight excluding hydrogens is 349 g/mol. The lowest BCUT2D eigenvalue weighted by atomic mass is 10.0. The van der Waals surface area contributed by atoms with E-state index in [0.29, 0.717) is 0 Å². The van der Waals surface area contributed by atoms with Crippen molar-refractivity contribution < 1.29 is 17.9 Å². The van der Waals surface area contributed by atoms with Crippen molar-refractivity contribution >= 4 is 10.8 Å². The topological polar surface area (TPSA) is 9.23 Å². The summed E-state index contributed by atoms with van der Waals surface area (Å²) < 4.78 is 46.6. The Morgan fingerprint density at radius 3 is 2.11 bits per heavy atom. The lowest BCUT2D eigenvalue weighted by Gasteiger charge is -2.29. The van der Waals surface area contributed by atoms with E-state index in [9.17, 15) is 13.2 Å². The third-order valence-electron chi connectivity index (χ3n) is 4.07. The Bertz CT molecular complexity index is 979. The van der Waals surface area contributed by atoms with Gasteiger partial charge in [0.05, 0.1) is 0 Å². The molecule has 0 aliphatic heterocycles. The molecule has 0 aliphatic carbocycles. The van der Waals surface area contributed by atoms with Gasteiger partial charge in [0.25, 0.3) is 0 Å². The van der Waals surface area contributed by atoms with Gasteiger partial charge in [-0.25, -0.2) is 0 Å². The zero-order chi connectivity index (χ0) is 19.5. The predicted octanol–water partition coefficient (Wildman–Crippen LogP) is 6.29. The minimum absolute atomic E-state index is 0.0655. The molecule has 4 heteroatoms. The van der Waals surface area contributed by atoms with E-state index in [1.165, 1.54) is 12.1 Å². The second-order valence-corrected chi connectivity index (χ2v) is 6.77. The van der Waals surface area contributed by atoms with Crippen LogP contribution in [-0.2, 0) is 4.74 Å². The minimum atomic E-state index is -4.55. The zero-order valence-electron chi connectivity index (χ0n) is 15.0. The Balaban J connectivity index is 1.92. The van der Waals surface area contributed by atoms with E-state index < -0.39 is 17.9 Å². The van der Waals surface area contributed by atoms with Crippen LogP contribution in [0, 0.1) is 11.8 Å². The standard InChI is InChI=1S/C23H19F3O/c1-22(2,15-14-17-8-4-3-5-9-17)27-21(23(24,25)26)20-13-12-18-10-6-7-11-19(18)16-20/h3-13,16,21H,1-2H3. The van der Waals surface area contributed by atoms with Crippen LogP contribution in [0.3, 0.4) is 0 Å². The van der Waals surface area contributed by atoms with Crippen molar-refractivity contribution in [3.05, 3.63) is 83.9 Å². The highest BCUT2D eigenvalue weighted by Crippen LogP contribution is 2.39. The molecular formula is C23H19F3O. The number of alkyl halides is 3. The summed E-state index contributed by atoms with van der Waals surface area (Å²) >= 11 is 0. The van der Waals surface area contributed by atoms with E-state index in [0.717, 1.165) is 16.3 Å². The lowest BCUT2D eigenvalue weighted by molar-refractivity contribution is -0.243. The lowest BCUT2D eigenvalue weighted by Crippen LogP contribution is -2.33. The van der Waals surface area contributed by atoms with Crippen molar-refractivity contribution in [3.63, 3.8) is 0 Å². The normalized spacial score (nSPS) is 13.1. The molecule has 0 aromatic heterocycles. The molecule has 0 saturated carbocycles. The maximum Gasteiger partial charge on any atom is 0.418 e. The summed E-state index contributed by atoms with van der Waals surface area (Å²) in [5.74, 6) is 5.69. The first-order valence-electron chi connectivity index (χ1n) is 8.56. The monoisotopic (exact) mass is 368 g/mol. The molecule has 27 heavy (non-hydrogen) atoms. The Labute approximate surface area is 156 Å². The summed E-state index contributed by atoms with van der Waals surface area (Å²) in [6, 6.07) is 21.0. The van der Waals surface area contributed by atoms with E-state index >= 15 is 0 Å². The number of fused-ring (bicyclic) bond motifs is 1. The van der Waals surface area contributed by atoms with Crippen molar-refractivity contribution in [2.75, 3.05) is 0 Å². The average molecular weight is 368 g/mol. The minimum Gasteiger partial charge on any atom is -0.345 e. The first-order valence-corrected chi connectivity index (χ1v) is 8.56. The number of hydrogen-bond acceptors (Lipinski definition) is 1. The largest absolute Gasteiger partial charge is 0.418 e. The van der Waals surface area contributed by atoms with Gasteiger partial charge in [-0.3, -0.25) is 0 Å². The molecule has 0 fully saturated rings. The first-order chi connectivity index (χ1) is 12.7. The molecule has 0 aliphatic rings. The van der Waals surface area contributed by atoms with Gasteiger partial charge in [-0.15, -0.1) is 0 Å². The van der Waals surface area contributed by atoms with Crippen molar-refractivity contribution in [1.29, 1.82) is 0 Å². The Kier molecular flexibility index (Phi) is 5.25. The number of benzene rings is 3. The zero-order valence-corrected chi connectivity index (χ0v) is 15.0. The second kappa shape index (κ2) is 7.46. The molecule has 1 nitrogen and oxygen atoms in total. The number of ether oxygens (including phenoxy) is 1. The van der Waals surface area contributed by atoms with Crippen molar-refractivity contribution in [1.82, 2.24) is 0 Å². The molecule has 3 rings (SSSR count). The molecule has 0 radical (unpaired) electrons. The summed E-state index contributed by atoms with van der Waals surface area (Å²) in [4.78, 5) is 0. The third kappa shape index (κ3) is 4.90. The van der Waals surface area contributed by atoms with E-state index in [1.807, 2.05) is 30.3 Å². The summed E-state index contributed by atoms with van der Waals surface area (Å²) in [5.41, 5.74) is -0.485. The maximum atomic E-state index is 13.7. The van der Waals surface area contributed by atoms with Gasteiger partial charge in [0.15, 0.2) is 6.10 Å². The van der Waals surface area contributed by atoms with Crippen LogP contribution in [0.15, 0.2) is 72.8 Å². The first kappa shape index (κ1) is 19.0. The van der Waals surface area contributed by atoms with Gasteiger partial charge in [-0.2, -0.15) is 13.2 Å². The molecule has 0 N–H and O–H groups in total. The molecule has 0 bridgehead atoms. The SMILES string of the molecule is CC(C)(C#Cc1ccccc1)OC(c1ccc2ccccc2c1)C(F)(F)F. The molecule has 3 aromatic carbocycles. The molecule has 1 atom stereocenters. The third-order valence-corrected chi connectivity index (χ3v) is 4.07. The predicted molar refractivity (Wildman–Crippen MR) is 101 cm³/mol. The smallest absolute Gasteiger partial charge is 0.345 e. The second-order valence-electron chi connectivity index (χ2n) is 6.77. The molecule has 0 amide bonds. The van der Waals surface area contributed by atoms with Crippen LogP contribution >= 0.6 is 0 Å². The van der Waals surface area contributed by atoms with Gasteiger partial charge in [0, 0.05) is 5.56 Å². The fourth-order valence-corrected chi connectivity index (χ4v) is 2.76. The summed E-state index contributed by atoms with van der Waals surface area (Å²) in [6.07, 6.45) is -6.60. The van der Waals surface area contributed by atoms with Crippen LogP contribution in [0.1, 0.15) is 31.1 Å². The molecule has 1 unspecified atom stereocenters. The molecule has 138 valence electrons. The Morgan fingerprint density at radius 1 is 0.815 bits per heavy atom. The van der Waals surface area contributed by atoms with Crippen molar-refractivity contribution in [3.8, 4) is 11.8 Å². The van der Waals surface area contributed by atoms with Gasteiger partial charge in [-0.1, -0.05) is 66.4 Å². The van der Waals surface area contributed by atoms with E-state index in [-0.39, 0.29) is 5.56 Å². The quantitative estimate of drug-likeness (QED) is 0.494. The average Bonchev–Trinajstić information content (AvgIpc) is 2.64. The summed E-state index contributed by atoms with van der Waals surface area (Å²) in [6.45, 7) is 3.09. The number of rotatable bonds is 3. The maximum absolute atomic E-state index is 13.7. The molecule has 0 spiro atoms. The van der Waals surface area contributed by atoms with Gasteiger partial charge >= 0.3 is 6.18 Å². The highest BCUT2D eigenvalue weighted by Gasteiger charge is 2.44. The summed E-state index contributed by atoms with van der Waals surface area (Å²) in [5, 5.41) is 1.62. The van der Waals surface area contributed by atoms with Crippen molar-refractivity contribution in [2.24, 2.45) is 0 Å². The highest BCUT2D eigenvalue weighted by atomic mass is 19.4. The van der Waals surface area contributed by atoms with Crippen LogP contribution in [0.2, 0.25) is 0 Å².